The first-order valence-corrected chi connectivity index (χ1v) is 12.2. The van der Waals surface area contributed by atoms with Crippen molar-refractivity contribution in [2.45, 2.75) is 13.2 Å². The van der Waals surface area contributed by atoms with Crippen molar-refractivity contribution in [1.82, 2.24) is 4.72 Å². The van der Waals surface area contributed by atoms with Crippen molar-refractivity contribution < 1.29 is 22.7 Å². The van der Waals surface area contributed by atoms with Gasteiger partial charge in [0.1, 0.15) is 31.3 Å². The molecule has 1 fully saturated rings. The number of amides is 1. The molecule has 5 rings (SSSR count). The molecule has 35 heavy (non-hydrogen) atoms. The molecule has 1 saturated heterocycles. The van der Waals surface area contributed by atoms with Crippen molar-refractivity contribution in [3.05, 3.63) is 102 Å². The van der Waals surface area contributed by atoms with Crippen molar-refractivity contribution in [2.24, 2.45) is 0 Å². The molecule has 1 N–H and O–H groups in total. The zero-order chi connectivity index (χ0) is 23.5. The number of rotatable bonds is 7. The second-order valence-electron chi connectivity index (χ2n) is 7.91. The molecule has 7 nitrogen and oxygen atoms in total. The SMILES string of the molecule is O=C1CN(c2cc3ccc(OCc4ccccc4)cc3cc2OCc2ccccc2)S(=O)(=O)N1.[KH]. The van der Waals surface area contributed by atoms with Crippen molar-refractivity contribution >= 4 is 84.0 Å². The Labute approximate surface area is 246 Å². The summed E-state index contributed by atoms with van der Waals surface area (Å²) in [5, 5.41) is 1.62. The molecular formula is C26H23KN2O5S. The summed E-state index contributed by atoms with van der Waals surface area (Å²) in [6.45, 7) is 0.383. The minimum atomic E-state index is -3.98. The number of fused-ring (bicyclic) bond motifs is 1. The van der Waals surface area contributed by atoms with E-state index in [1.807, 2.05) is 83.6 Å². The van der Waals surface area contributed by atoms with Gasteiger partial charge >= 0.3 is 61.6 Å². The monoisotopic (exact) mass is 514 g/mol. The van der Waals surface area contributed by atoms with Gasteiger partial charge < -0.3 is 9.47 Å². The van der Waals surface area contributed by atoms with Crippen LogP contribution in [0.2, 0.25) is 0 Å². The molecule has 0 saturated carbocycles. The second kappa shape index (κ2) is 11.1. The maximum atomic E-state index is 12.5. The topological polar surface area (TPSA) is 84.9 Å². The van der Waals surface area contributed by atoms with Gasteiger partial charge in [-0.15, -0.1) is 0 Å². The number of hydrogen-bond acceptors (Lipinski definition) is 5. The number of benzene rings is 4. The predicted octanol–water partition coefficient (Wildman–Crippen LogP) is 3.53. The normalized spacial score (nSPS) is 14.3. The Morgan fingerprint density at radius 1 is 0.771 bits per heavy atom. The molecule has 1 aliphatic heterocycles. The molecule has 9 heteroatoms. The van der Waals surface area contributed by atoms with E-state index in [4.69, 9.17) is 9.47 Å². The number of ether oxygens (including phenoxy) is 2. The molecule has 174 valence electrons. The molecule has 0 radical (unpaired) electrons. The van der Waals surface area contributed by atoms with Crippen LogP contribution in [0.15, 0.2) is 91.0 Å². The number of hydrogen-bond donors (Lipinski definition) is 1. The van der Waals surface area contributed by atoms with Crippen molar-refractivity contribution in [2.75, 3.05) is 10.8 Å². The Bertz CT molecular complexity index is 1450. The van der Waals surface area contributed by atoms with Crippen LogP contribution in [0.4, 0.5) is 5.69 Å². The third-order valence-electron chi connectivity index (χ3n) is 5.46. The first-order chi connectivity index (χ1) is 16.5. The van der Waals surface area contributed by atoms with Crippen LogP contribution < -0.4 is 18.5 Å². The van der Waals surface area contributed by atoms with Gasteiger partial charge in [0.2, 0.25) is 0 Å². The van der Waals surface area contributed by atoms with Gasteiger partial charge in [0.25, 0.3) is 5.91 Å². The summed E-state index contributed by atoms with van der Waals surface area (Å²) >= 11 is 0. The van der Waals surface area contributed by atoms with E-state index in [9.17, 15) is 13.2 Å². The molecule has 0 atom stereocenters. The first-order valence-electron chi connectivity index (χ1n) is 10.7. The van der Waals surface area contributed by atoms with Gasteiger partial charge in [0, 0.05) is 0 Å². The van der Waals surface area contributed by atoms with Gasteiger partial charge in [-0.05, 0) is 46.2 Å². The third-order valence-corrected chi connectivity index (χ3v) is 6.86. The molecule has 0 aromatic heterocycles. The predicted molar refractivity (Wildman–Crippen MR) is 137 cm³/mol. The molecule has 0 spiro atoms. The van der Waals surface area contributed by atoms with Gasteiger partial charge in [-0.3, -0.25) is 4.79 Å². The molecule has 4 aromatic rings. The molecule has 0 bridgehead atoms. The fourth-order valence-electron chi connectivity index (χ4n) is 3.78. The molecule has 0 unspecified atom stereocenters. The van der Waals surface area contributed by atoms with Crippen molar-refractivity contribution in [1.29, 1.82) is 0 Å². The van der Waals surface area contributed by atoms with Gasteiger partial charge in [-0.1, -0.05) is 66.7 Å². The van der Waals surface area contributed by atoms with Crippen LogP contribution in [0.25, 0.3) is 10.8 Å². The standard InChI is InChI=1S/C26H22N2O5S.K.H/c29-26-16-28(34(30,31)27-26)24-14-21-11-12-23(32-17-19-7-3-1-4-8-19)13-22(21)15-25(24)33-18-20-9-5-2-6-10-20;;/h1-15H,16-18H2,(H,27,29);;. The third kappa shape index (κ3) is 6.06. The van der Waals surface area contributed by atoms with Crippen LogP contribution in [0, 0.1) is 0 Å². The minimum absolute atomic E-state index is 0. The zero-order valence-electron chi connectivity index (χ0n) is 18.2. The average molecular weight is 515 g/mol. The Morgan fingerprint density at radius 3 is 2.00 bits per heavy atom. The van der Waals surface area contributed by atoms with E-state index in [1.54, 1.807) is 12.1 Å². The van der Waals surface area contributed by atoms with E-state index in [2.05, 4.69) is 0 Å². The van der Waals surface area contributed by atoms with Crippen LogP contribution in [-0.2, 0) is 28.2 Å². The Balaban J connectivity index is 0.00000289. The molecule has 0 aliphatic carbocycles. The Hall–Kier alpha value is -2.40. The zero-order valence-corrected chi connectivity index (χ0v) is 19.0. The summed E-state index contributed by atoms with van der Waals surface area (Å²) in [5.41, 5.74) is 2.30. The van der Waals surface area contributed by atoms with Crippen LogP contribution in [0.1, 0.15) is 11.1 Å². The number of carbonyl (C=O) groups excluding carboxylic acids is 1. The van der Waals surface area contributed by atoms with E-state index in [0.29, 0.717) is 23.8 Å². The summed E-state index contributed by atoms with van der Waals surface area (Å²) in [6.07, 6.45) is 0. The van der Waals surface area contributed by atoms with E-state index >= 15 is 0 Å². The fourth-order valence-corrected chi connectivity index (χ4v) is 4.93. The molecule has 1 aliphatic rings. The fraction of sp³-hybridized carbons (Fsp3) is 0.115. The summed E-state index contributed by atoms with van der Waals surface area (Å²) in [5.74, 6) is 0.458. The number of nitrogens with one attached hydrogen (secondary N) is 1. The first kappa shape index (κ1) is 25.7. The van der Waals surface area contributed by atoms with Crippen LogP contribution >= 0.6 is 0 Å². The summed E-state index contributed by atoms with van der Waals surface area (Å²) < 4.78 is 40.1. The van der Waals surface area contributed by atoms with Gasteiger partial charge in [0.05, 0.1) is 5.69 Å². The van der Waals surface area contributed by atoms with Crippen molar-refractivity contribution in [3.63, 3.8) is 0 Å². The van der Waals surface area contributed by atoms with E-state index < -0.39 is 16.1 Å². The Morgan fingerprint density at radius 2 is 1.40 bits per heavy atom. The maximum absolute atomic E-state index is 12.5. The van der Waals surface area contributed by atoms with Gasteiger partial charge in [-0.2, -0.15) is 8.42 Å². The average Bonchev–Trinajstić information content (AvgIpc) is 3.13. The number of nitrogens with zero attached hydrogens (tertiary/aromatic N) is 1. The van der Waals surface area contributed by atoms with Gasteiger partial charge in [-0.25, -0.2) is 9.03 Å². The van der Waals surface area contributed by atoms with Crippen LogP contribution in [0.5, 0.6) is 11.5 Å². The number of carbonyl (C=O) groups is 1. The van der Waals surface area contributed by atoms with Crippen LogP contribution in [0.3, 0.4) is 0 Å². The molecular weight excluding hydrogens is 491 g/mol. The molecule has 1 amide bonds. The second-order valence-corrected chi connectivity index (χ2v) is 9.51. The molecule has 4 aromatic carbocycles. The van der Waals surface area contributed by atoms with E-state index in [0.717, 1.165) is 26.2 Å². The summed E-state index contributed by atoms with van der Waals surface area (Å²) in [7, 11) is -3.98. The quantitative estimate of drug-likeness (QED) is 0.382. The van der Waals surface area contributed by atoms with Gasteiger partial charge in [0.15, 0.2) is 0 Å². The summed E-state index contributed by atoms with van der Waals surface area (Å²) in [6, 6.07) is 28.5. The van der Waals surface area contributed by atoms with Crippen molar-refractivity contribution in [3.8, 4) is 11.5 Å². The van der Waals surface area contributed by atoms with E-state index in [-0.39, 0.29) is 64.5 Å². The number of anilines is 1. The summed E-state index contributed by atoms with van der Waals surface area (Å²) in [4.78, 5) is 11.8. The molecule has 1 heterocycles. The van der Waals surface area contributed by atoms with Crippen LogP contribution in [-0.4, -0.2) is 72.3 Å². The Kier molecular flexibility index (Phi) is 8.15. The van der Waals surface area contributed by atoms with E-state index in [1.165, 1.54) is 0 Å².